The van der Waals surface area contributed by atoms with Crippen LogP contribution in [0.4, 0.5) is 0 Å². The summed E-state index contributed by atoms with van der Waals surface area (Å²) < 4.78 is 0. The van der Waals surface area contributed by atoms with Gasteiger partial charge in [0, 0.05) is 0 Å². The summed E-state index contributed by atoms with van der Waals surface area (Å²) in [6, 6.07) is 0. The molecule has 0 spiro atoms. The molecule has 0 saturated carbocycles. The lowest BCUT2D eigenvalue weighted by molar-refractivity contribution is 0.218. The van der Waals surface area contributed by atoms with Gasteiger partial charge in [-0.3, -0.25) is 0 Å². The summed E-state index contributed by atoms with van der Waals surface area (Å²) in [6.07, 6.45) is 4.00. The maximum atomic E-state index is 9.04. The topological polar surface area (TPSA) is 20.2 Å². The smallest absolute Gasteiger partial charge is 0.0723 e. The number of hydrogen-bond donors (Lipinski definition) is 1. The Morgan fingerprint density at radius 2 is 2.33 bits per heavy atom. The zero-order valence-electron chi connectivity index (χ0n) is 6.09. The molecule has 0 aromatic rings. The Labute approximate surface area is 56.7 Å². The van der Waals surface area contributed by atoms with E-state index in [1.165, 1.54) is 0 Å². The molecular weight excluding hydrogens is 112 g/mol. The summed E-state index contributed by atoms with van der Waals surface area (Å²) >= 11 is 0. The fourth-order valence-electron chi connectivity index (χ4n) is 0.489. The van der Waals surface area contributed by atoms with E-state index in [1.54, 1.807) is 12.2 Å². The Bertz CT molecular complexity index is 114. The summed E-state index contributed by atoms with van der Waals surface area (Å²) in [4.78, 5) is 0. The van der Waals surface area contributed by atoms with Crippen molar-refractivity contribution < 1.29 is 5.11 Å². The Morgan fingerprint density at radius 1 is 1.78 bits per heavy atom. The predicted octanol–water partition coefficient (Wildman–Crippen LogP) is 1.89. The van der Waals surface area contributed by atoms with Gasteiger partial charge < -0.3 is 5.11 Å². The largest absolute Gasteiger partial charge is 0.389 e. The Morgan fingerprint density at radius 3 is 2.67 bits per heavy atom. The number of rotatable bonds is 3. The Balaban J connectivity index is 3.78. The first-order valence-corrected chi connectivity index (χ1v) is 3.19. The minimum absolute atomic E-state index is 0.303. The predicted molar refractivity (Wildman–Crippen MR) is 40.3 cm³/mol. The zero-order chi connectivity index (χ0) is 7.28. The molecule has 0 saturated heterocycles. The molecule has 0 amide bonds. The molecule has 0 heterocycles. The minimum Gasteiger partial charge on any atom is -0.389 e. The molecule has 1 atom stereocenters. The summed E-state index contributed by atoms with van der Waals surface area (Å²) in [5.41, 5.74) is 1.03. The summed E-state index contributed by atoms with van der Waals surface area (Å²) in [5.74, 6) is 0. The second-order valence-electron chi connectivity index (χ2n) is 2.09. The molecule has 0 aromatic heterocycles. The van der Waals surface area contributed by atoms with Crippen LogP contribution in [0.25, 0.3) is 0 Å². The van der Waals surface area contributed by atoms with Crippen LogP contribution in [0.1, 0.15) is 20.3 Å². The SMILES string of the molecule is C=C/C(C)=C\C(O)CC. The molecular formula is C8H14O. The molecule has 0 aliphatic carbocycles. The quantitative estimate of drug-likeness (QED) is 0.572. The molecule has 0 bridgehead atoms. The third-order valence-electron chi connectivity index (χ3n) is 1.20. The van der Waals surface area contributed by atoms with Gasteiger partial charge in [-0.05, 0) is 13.3 Å². The molecule has 1 nitrogen and oxygen atoms in total. The molecule has 0 radical (unpaired) electrons. The van der Waals surface area contributed by atoms with Crippen LogP contribution < -0.4 is 0 Å². The van der Waals surface area contributed by atoms with E-state index in [0.717, 1.165) is 12.0 Å². The van der Waals surface area contributed by atoms with Gasteiger partial charge in [-0.2, -0.15) is 0 Å². The highest BCUT2D eigenvalue weighted by Gasteiger charge is 1.92. The fraction of sp³-hybridized carbons (Fsp3) is 0.500. The maximum absolute atomic E-state index is 9.04. The molecule has 0 aromatic carbocycles. The molecule has 1 heteroatoms. The van der Waals surface area contributed by atoms with Gasteiger partial charge in [-0.25, -0.2) is 0 Å². The van der Waals surface area contributed by atoms with Crippen molar-refractivity contribution in [1.82, 2.24) is 0 Å². The molecule has 1 unspecified atom stereocenters. The average molecular weight is 126 g/mol. The second kappa shape index (κ2) is 4.33. The molecule has 1 N–H and O–H groups in total. The fourth-order valence-corrected chi connectivity index (χ4v) is 0.489. The first-order chi connectivity index (χ1) is 4.20. The van der Waals surface area contributed by atoms with Gasteiger partial charge in [0.05, 0.1) is 6.10 Å². The van der Waals surface area contributed by atoms with Crippen molar-refractivity contribution in [2.75, 3.05) is 0 Å². The molecule has 0 aliphatic rings. The lowest BCUT2D eigenvalue weighted by Crippen LogP contribution is -1.98. The van der Waals surface area contributed by atoms with Crippen LogP contribution in [0.2, 0.25) is 0 Å². The Kier molecular flexibility index (Phi) is 4.06. The van der Waals surface area contributed by atoms with Crippen LogP contribution in [-0.4, -0.2) is 11.2 Å². The molecule has 0 rings (SSSR count). The van der Waals surface area contributed by atoms with Gasteiger partial charge in [-0.15, -0.1) is 0 Å². The monoisotopic (exact) mass is 126 g/mol. The van der Waals surface area contributed by atoms with Crippen molar-refractivity contribution in [3.63, 3.8) is 0 Å². The van der Waals surface area contributed by atoms with Crippen molar-refractivity contribution in [2.45, 2.75) is 26.4 Å². The summed E-state index contributed by atoms with van der Waals surface area (Å²) in [6.45, 7) is 7.43. The standard InChI is InChI=1S/C8H14O/c1-4-7(3)6-8(9)5-2/h4,6,8-9H,1,5H2,2-3H3/b7-6-. The maximum Gasteiger partial charge on any atom is 0.0723 e. The van der Waals surface area contributed by atoms with Crippen LogP contribution >= 0.6 is 0 Å². The van der Waals surface area contributed by atoms with Crippen LogP contribution in [0.3, 0.4) is 0 Å². The van der Waals surface area contributed by atoms with Crippen LogP contribution in [-0.2, 0) is 0 Å². The first-order valence-electron chi connectivity index (χ1n) is 3.19. The number of hydrogen-bond acceptors (Lipinski definition) is 1. The van der Waals surface area contributed by atoms with Gasteiger partial charge in [0.2, 0.25) is 0 Å². The van der Waals surface area contributed by atoms with E-state index in [0.29, 0.717) is 0 Å². The zero-order valence-corrected chi connectivity index (χ0v) is 6.09. The Hall–Kier alpha value is -0.560. The highest BCUT2D eigenvalue weighted by molar-refractivity contribution is 5.14. The van der Waals surface area contributed by atoms with Crippen molar-refractivity contribution in [1.29, 1.82) is 0 Å². The van der Waals surface area contributed by atoms with E-state index < -0.39 is 0 Å². The first kappa shape index (κ1) is 8.44. The van der Waals surface area contributed by atoms with Gasteiger partial charge in [0.25, 0.3) is 0 Å². The van der Waals surface area contributed by atoms with E-state index in [4.69, 9.17) is 5.11 Å². The van der Waals surface area contributed by atoms with Gasteiger partial charge in [0.1, 0.15) is 0 Å². The summed E-state index contributed by atoms with van der Waals surface area (Å²) in [5, 5.41) is 9.04. The van der Waals surface area contributed by atoms with Gasteiger partial charge in [0.15, 0.2) is 0 Å². The highest BCUT2D eigenvalue weighted by atomic mass is 16.3. The summed E-state index contributed by atoms with van der Waals surface area (Å²) in [7, 11) is 0. The lowest BCUT2D eigenvalue weighted by Gasteiger charge is -1.99. The van der Waals surface area contributed by atoms with Crippen LogP contribution in [0, 0.1) is 0 Å². The van der Waals surface area contributed by atoms with E-state index in [9.17, 15) is 0 Å². The number of aliphatic hydroxyl groups excluding tert-OH is 1. The van der Waals surface area contributed by atoms with E-state index in [-0.39, 0.29) is 6.10 Å². The second-order valence-corrected chi connectivity index (χ2v) is 2.09. The molecule has 0 aliphatic heterocycles. The van der Waals surface area contributed by atoms with Crippen LogP contribution in [0.15, 0.2) is 24.3 Å². The van der Waals surface area contributed by atoms with Crippen molar-refractivity contribution >= 4 is 0 Å². The van der Waals surface area contributed by atoms with Gasteiger partial charge >= 0.3 is 0 Å². The minimum atomic E-state index is -0.303. The number of aliphatic hydroxyl groups is 1. The normalized spacial score (nSPS) is 15.2. The number of allylic oxidation sites excluding steroid dienone is 2. The van der Waals surface area contributed by atoms with Crippen LogP contribution in [0.5, 0.6) is 0 Å². The third-order valence-corrected chi connectivity index (χ3v) is 1.20. The van der Waals surface area contributed by atoms with Crippen molar-refractivity contribution in [2.24, 2.45) is 0 Å². The molecule has 9 heavy (non-hydrogen) atoms. The third kappa shape index (κ3) is 3.98. The van der Waals surface area contributed by atoms with Gasteiger partial charge in [-0.1, -0.05) is 31.2 Å². The molecule has 0 fully saturated rings. The van der Waals surface area contributed by atoms with E-state index in [2.05, 4.69) is 6.58 Å². The van der Waals surface area contributed by atoms with Crippen molar-refractivity contribution in [3.8, 4) is 0 Å². The average Bonchev–Trinajstić information content (AvgIpc) is 1.87. The van der Waals surface area contributed by atoms with E-state index in [1.807, 2.05) is 13.8 Å². The lowest BCUT2D eigenvalue weighted by atomic mass is 10.2. The highest BCUT2D eigenvalue weighted by Crippen LogP contribution is 1.98. The van der Waals surface area contributed by atoms with E-state index >= 15 is 0 Å². The molecule has 52 valence electrons. The van der Waals surface area contributed by atoms with Crippen molar-refractivity contribution in [3.05, 3.63) is 24.3 Å².